The van der Waals surface area contributed by atoms with Crippen LogP contribution in [-0.2, 0) is 9.59 Å². The highest BCUT2D eigenvalue weighted by atomic mass is 32.2. The molecule has 11 heteroatoms. The Morgan fingerprint density at radius 2 is 1.94 bits per heavy atom. The number of carbonyl (C=O) groups is 3. The van der Waals surface area contributed by atoms with E-state index in [4.69, 9.17) is 0 Å². The lowest BCUT2D eigenvalue weighted by molar-refractivity contribution is -0.139. The van der Waals surface area contributed by atoms with E-state index < -0.39 is 23.4 Å². The summed E-state index contributed by atoms with van der Waals surface area (Å²) in [6, 6.07) is 7.51. The largest absolute Gasteiger partial charge is 0.344 e. The maximum Gasteiger partial charge on any atom is 0.344 e. The summed E-state index contributed by atoms with van der Waals surface area (Å²) in [4.78, 5) is 47.2. The fraction of sp³-hybridized carbons (Fsp3) is 0.318. The summed E-state index contributed by atoms with van der Waals surface area (Å²) in [6.45, 7) is 0. The van der Waals surface area contributed by atoms with Crippen LogP contribution >= 0.6 is 23.1 Å². The molecule has 1 aliphatic heterocycles. The molecule has 2 N–H and O–H groups in total. The van der Waals surface area contributed by atoms with Crippen molar-refractivity contribution in [3.05, 3.63) is 42.5 Å². The minimum atomic E-state index is -0.887. The normalized spacial score (nSPS) is 17.5. The first kappa shape index (κ1) is 21.8. The maximum absolute atomic E-state index is 13.2. The molecule has 170 valence electrons. The second-order valence-electron chi connectivity index (χ2n) is 8.05. The molecule has 33 heavy (non-hydrogen) atoms. The number of thiophene rings is 1. The van der Waals surface area contributed by atoms with Crippen molar-refractivity contribution in [2.45, 2.75) is 42.7 Å². The van der Waals surface area contributed by atoms with Gasteiger partial charge in [0, 0.05) is 4.88 Å². The maximum atomic E-state index is 13.2. The number of carbonyl (C=O) groups excluding carboxylic acids is 3. The SMILES string of the molecule is O=C(CSc1ncnc2cc(-c3ccc(F)cc3)sc12)NN1C(=O)NC2(CCCCC2)C1=O. The fourth-order valence-electron chi connectivity index (χ4n) is 4.20. The van der Waals surface area contributed by atoms with Gasteiger partial charge < -0.3 is 5.32 Å². The van der Waals surface area contributed by atoms with Gasteiger partial charge >= 0.3 is 6.03 Å². The molecule has 1 aliphatic carbocycles. The summed E-state index contributed by atoms with van der Waals surface area (Å²) in [5, 5.41) is 4.19. The number of hydrogen-bond acceptors (Lipinski definition) is 7. The number of amides is 4. The Morgan fingerprint density at radius 3 is 2.70 bits per heavy atom. The van der Waals surface area contributed by atoms with Crippen molar-refractivity contribution in [2.75, 3.05) is 5.75 Å². The second kappa shape index (κ2) is 8.71. The lowest BCUT2D eigenvalue weighted by Crippen LogP contribution is -2.51. The number of benzene rings is 1. The van der Waals surface area contributed by atoms with Gasteiger partial charge in [-0.05, 0) is 36.6 Å². The van der Waals surface area contributed by atoms with Crippen LogP contribution in [0.25, 0.3) is 20.7 Å². The molecular weight excluding hydrogens is 465 g/mol. The Balaban J connectivity index is 1.27. The predicted molar refractivity (Wildman–Crippen MR) is 123 cm³/mol. The average molecular weight is 486 g/mol. The van der Waals surface area contributed by atoms with E-state index in [1.54, 1.807) is 12.1 Å². The summed E-state index contributed by atoms with van der Waals surface area (Å²) < 4.78 is 14.0. The highest BCUT2D eigenvalue weighted by Gasteiger charge is 2.52. The minimum absolute atomic E-state index is 0.0278. The molecule has 1 saturated carbocycles. The van der Waals surface area contributed by atoms with E-state index in [-0.39, 0.29) is 11.6 Å². The smallest absolute Gasteiger partial charge is 0.322 e. The Labute approximate surface area is 196 Å². The first-order valence-electron chi connectivity index (χ1n) is 10.5. The van der Waals surface area contributed by atoms with Gasteiger partial charge in [0.05, 0.1) is 16.0 Å². The van der Waals surface area contributed by atoms with Crippen LogP contribution in [0, 0.1) is 5.82 Å². The molecule has 8 nitrogen and oxygen atoms in total. The molecule has 2 aliphatic rings. The number of nitrogens with zero attached hydrogens (tertiary/aromatic N) is 3. The third kappa shape index (κ3) is 4.18. The molecule has 4 amide bonds. The molecule has 1 aromatic carbocycles. The molecule has 5 rings (SSSR count). The highest BCUT2D eigenvalue weighted by Crippen LogP contribution is 2.37. The molecular formula is C22H20FN5O3S2. The first-order valence-corrected chi connectivity index (χ1v) is 12.3. The number of rotatable bonds is 5. The van der Waals surface area contributed by atoms with Gasteiger partial charge in [0.1, 0.15) is 22.7 Å². The molecule has 3 heterocycles. The number of urea groups is 1. The zero-order chi connectivity index (χ0) is 23.0. The zero-order valence-corrected chi connectivity index (χ0v) is 19.1. The average Bonchev–Trinajstić information content (AvgIpc) is 3.34. The van der Waals surface area contributed by atoms with E-state index in [0.29, 0.717) is 17.9 Å². The van der Waals surface area contributed by atoms with Crippen LogP contribution in [-0.4, -0.2) is 44.1 Å². The van der Waals surface area contributed by atoms with Gasteiger partial charge in [0.2, 0.25) is 5.91 Å². The lowest BCUT2D eigenvalue weighted by atomic mass is 9.82. The van der Waals surface area contributed by atoms with Crippen LogP contribution in [0.1, 0.15) is 32.1 Å². The molecule has 2 aromatic heterocycles. The first-order chi connectivity index (χ1) is 15.9. The minimum Gasteiger partial charge on any atom is -0.322 e. The van der Waals surface area contributed by atoms with Crippen LogP contribution < -0.4 is 10.7 Å². The zero-order valence-electron chi connectivity index (χ0n) is 17.5. The van der Waals surface area contributed by atoms with Crippen LogP contribution in [0.3, 0.4) is 0 Å². The number of hydrazine groups is 1. The number of imide groups is 1. The number of halogens is 1. The second-order valence-corrected chi connectivity index (χ2v) is 10.1. The quantitative estimate of drug-likeness (QED) is 0.323. The Kier molecular flexibility index (Phi) is 5.75. The summed E-state index contributed by atoms with van der Waals surface area (Å²) in [5.74, 6) is -1.20. The van der Waals surface area contributed by atoms with Gasteiger partial charge in [0.15, 0.2) is 0 Å². The van der Waals surface area contributed by atoms with Crippen molar-refractivity contribution in [2.24, 2.45) is 0 Å². The number of aromatic nitrogens is 2. The van der Waals surface area contributed by atoms with E-state index in [9.17, 15) is 18.8 Å². The van der Waals surface area contributed by atoms with E-state index in [1.165, 1.54) is 41.6 Å². The summed E-state index contributed by atoms with van der Waals surface area (Å²) in [7, 11) is 0. The summed E-state index contributed by atoms with van der Waals surface area (Å²) >= 11 is 2.65. The molecule has 0 radical (unpaired) electrons. The summed E-state index contributed by atoms with van der Waals surface area (Å²) in [5.41, 5.74) is 3.15. The van der Waals surface area contributed by atoms with Crippen molar-refractivity contribution in [3.8, 4) is 10.4 Å². The Bertz CT molecular complexity index is 1240. The number of hydrogen-bond donors (Lipinski definition) is 2. The van der Waals surface area contributed by atoms with E-state index in [2.05, 4.69) is 20.7 Å². The Hall–Kier alpha value is -3.05. The van der Waals surface area contributed by atoms with Gasteiger partial charge in [-0.1, -0.05) is 43.2 Å². The molecule has 1 saturated heterocycles. The van der Waals surface area contributed by atoms with Gasteiger partial charge in [-0.2, -0.15) is 5.01 Å². The number of thioether (sulfide) groups is 1. The van der Waals surface area contributed by atoms with Crippen molar-refractivity contribution in [3.63, 3.8) is 0 Å². The molecule has 0 atom stereocenters. The third-order valence-corrected chi connectivity index (χ3v) is 8.15. The standard InChI is InChI=1S/C22H20FN5O3S2/c23-14-6-4-13(5-7-14)16-10-15-18(33-16)19(25-12-24-15)32-11-17(29)27-28-20(30)22(26-21(28)31)8-2-1-3-9-22/h4-7,10,12H,1-3,8-9,11H2,(H,26,31)(H,27,29). The topological polar surface area (TPSA) is 104 Å². The van der Waals surface area contributed by atoms with Crippen LogP contribution in [0.4, 0.5) is 9.18 Å². The fourth-order valence-corrected chi connectivity index (χ4v) is 6.19. The van der Waals surface area contributed by atoms with Gasteiger partial charge in [0.25, 0.3) is 5.91 Å². The van der Waals surface area contributed by atoms with Crippen molar-refractivity contribution >= 4 is 51.2 Å². The molecule has 0 bridgehead atoms. The predicted octanol–water partition coefficient (Wildman–Crippen LogP) is 3.88. The highest BCUT2D eigenvalue weighted by molar-refractivity contribution is 8.00. The molecule has 2 fully saturated rings. The van der Waals surface area contributed by atoms with E-state index in [1.807, 2.05) is 6.07 Å². The summed E-state index contributed by atoms with van der Waals surface area (Å²) in [6.07, 6.45) is 5.38. The lowest BCUT2D eigenvalue weighted by Gasteiger charge is -2.30. The van der Waals surface area contributed by atoms with Gasteiger partial charge in [-0.3, -0.25) is 15.0 Å². The molecule has 3 aromatic rings. The van der Waals surface area contributed by atoms with Crippen molar-refractivity contribution in [1.82, 2.24) is 25.7 Å². The molecule has 0 unspecified atom stereocenters. The van der Waals surface area contributed by atoms with Crippen LogP contribution in [0.15, 0.2) is 41.7 Å². The van der Waals surface area contributed by atoms with Crippen molar-refractivity contribution in [1.29, 1.82) is 0 Å². The van der Waals surface area contributed by atoms with Crippen LogP contribution in [0.5, 0.6) is 0 Å². The van der Waals surface area contributed by atoms with Gasteiger partial charge in [-0.25, -0.2) is 19.2 Å². The van der Waals surface area contributed by atoms with Crippen molar-refractivity contribution < 1.29 is 18.8 Å². The number of fused-ring (bicyclic) bond motifs is 1. The third-order valence-electron chi connectivity index (χ3n) is 5.85. The van der Waals surface area contributed by atoms with E-state index >= 15 is 0 Å². The van der Waals surface area contributed by atoms with E-state index in [0.717, 1.165) is 44.9 Å². The Morgan fingerprint density at radius 1 is 1.18 bits per heavy atom. The van der Waals surface area contributed by atoms with Gasteiger partial charge in [-0.15, -0.1) is 11.3 Å². The monoisotopic (exact) mass is 485 g/mol. The number of nitrogens with one attached hydrogen (secondary N) is 2. The van der Waals surface area contributed by atoms with Crippen LogP contribution in [0.2, 0.25) is 0 Å². The molecule has 1 spiro atoms.